The van der Waals surface area contributed by atoms with Crippen molar-refractivity contribution in [2.24, 2.45) is 17.1 Å². The number of halogens is 1. The minimum Gasteiger partial charge on any atom is -0.416 e. The molecule has 0 heterocycles. The molecule has 2 fully saturated rings. The van der Waals surface area contributed by atoms with Crippen LogP contribution in [0.5, 0.6) is 0 Å². The first-order valence-electron chi connectivity index (χ1n) is 9.68. The lowest BCUT2D eigenvalue weighted by molar-refractivity contribution is 0.0254. The van der Waals surface area contributed by atoms with Crippen molar-refractivity contribution >= 4 is 16.6 Å². The largest absolute Gasteiger partial charge is 0.416 e. The molecule has 25 heavy (non-hydrogen) atoms. The average Bonchev–Trinajstić information content (AvgIpc) is 3.10. The smallest absolute Gasteiger partial charge is 0.192 e. The van der Waals surface area contributed by atoms with Crippen LogP contribution in [0.3, 0.4) is 0 Å². The van der Waals surface area contributed by atoms with Crippen molar-refractivity contribution in [3.8, 4) is 0 Å². The Bertz CT molecular complexity index is 513. The minimum absolute atomic E-state index is 0.0608. The van der Waals surface area contributed by atoms with Crippen molar-refractivity contribution in [2.75, 3.05) is 6.61 Å². The summed E-state index contributed by atoms with van der Waals surface area (Å²) in [6, 6.07) is -0.405. The highest BCUT2D eigenvalue weighted by Gasteiger charge is 2.72. The van der Waals surface area contributed by atoms with Gasteiger partial charge in [-0.15, -0.1) is 0 Å². The summed E-state index contributed by atoms with van der Waals surface area (Å²) in [7, 11) is -3.92. The molecule has 5 atom stereocenters. The van der Waals surface area contributed by atoms with Crippen LogP contribution in [0.15, 0.2) is 0 Å². The first kappa shape index (κ1) is 21.5. The summed E-state index contributed by atoms with van der Waals surface area (Å²) in [5.41, 5.74) is 6.00. The maximum Gasteiger partial charge on any atom is 0.192 e. The third-order valence-electron chi connectivity index (χ3n) is 7.60. The zero-order valence-corrected chi connectivity index (χ0v) is 20.0. The van der Waals surface area contributed by atoms with E-state index in [-0.39, 0.29) is 21.4 Å². The van der Waals surface area contributed by atoms with Crippen molar-refractivity contribution in [3.63, 3.8) is 0 Å². The third kappa shape index (κ3) is 3.66. The van der Waals surface area contributed by atoms with Gasteiger partial charge in [-0.05, 0) is 48.6 Å². The molecule has 0 bridgehead atoms. The first-order valence-corrected chi connectivity index (χ1v) is 15.5. The van der Waals surface area contributed by atoms with E-state index < -0.39 is 35.0 Å². The predicted octanol–water partition coefficient (Wildman–Crippen LogP) is 5.08. The Labute approximate surface area is 156 Å². The Morgan fingerprint density at radius 3 is 1.92 bits per heavy atom. The van der Waals surface area contributed by atoms with Crippen molar-refractivity contribution in [1.29, 1.82) is 0 Å². The number of rotatable bonds is 5. The average molecular weight is 390 g/mol. The third-order valence-corrected chi connectivity index (χ3v) is 16.5. The highest BCUT2D eigenvalue weighted by atomic mass is 28.4. The molecule has 2 aliphatic carbocycles. The highest BCUT2D eigenvalue weighted by Crippen LogP contribution is 2.66. The molecule has 0 saturated heterocycles. The van der Waals surface area contributed by atoms with Gasteiger partial charge in [-0.25, -0.2) is 4.39 Å². The fourth-order valence-corrected chi connectivity index (χ4v) is 5.81. The molecule has 0 aromatic carbocycles. The van der Waals surface area contributed by atoms with Crippen molar-refractivity contribution in [3.05, 3.63) is 0 Å². The maximum atomic E-state index is 15.0. The van der Waals surface area contributed by atoms with Gasteiger partial charge in [-0.3, -0.25) is 0 Å². The Hall–Kier alpha value is 0.244. The van der Waals surface area contributed by atoms with Crippen LogP contribution in [0.25, 0.3) is 0 Å². The molecule has 0 spiro atoms. The van der Waals surface area contributed by atoms with Crippen LogP contribution < -0.4 is 5.73 Å². The van der Waals surface area contributed by atoms with Gasteiger partial charge < -0.3 is 14.6 Å². The summed E-state index contributed by atoms with van der Waals surface area (Å²) in [5, 5.41) is 0.213. The molecule has 3 nitrogen and oxygen atoms in total. The van der Waals surface area contributed by atoms with Crippen LogP contribution in [0.2, 0.25) is 36.3 Å². The zero-order valence-electron chi connectivity index (χ0n) is 18.0. The molecule has 2 saturated carbocycles. The van der Waals surface area contributed by atoms with Gasteiger partial charge in [0.25, 0.3) is 0 Å². The summed E-state index contributed by atoms with van der Waals surface area (Å²) in [4.78, 5) is 0. The maximum absolute atomic E-state index is 15.0. The Morgan fingerprint density at radius 2 is 1.48 bits per heavy atom. The topological polar surface area (TPSA) is 44.5 Å². The number of fused-ring (bicyclic) bond motifs is 1. The fourth-order valence-electron chi connectivity index (χ4n) is 3.39. The molecular weight excluding hydrogens is 349 g/mol. The Balaban J connectivity index is 2.19. The van der Waals surface area contributed by atoms with Crippen LogP contribution in [0.4, 0.5) is 4.39 Å². The minimum atomic E-state index is -2.05. The number of hydrogen-bond acceptors (Lipinski definition) is 3. The van der Waals surface area contributed by atoms with Gasteiger partial charge in [-0.1, -0.05) is 41.5 Å². The van der Waals surface area contributed by atoms with Crippen LogP contribution in [-0.2, 0) is 8.85 Å². The molecule has 2 rings (SSSR count). The number of hydrogen-bond donors (Lipinski definition) is 1. The second-order valence-electron chi connectivity index (χ2n) is 11.4. The summed E-state index contributed by atoms with van der Waals surface area (Å²) in [6.07, 6.45) is -0.531. The summed E-state index contributed by atoms with van der Waals surface area (Å²) >= 11 is 0. The van der Waals surface area contributed by atoms with Gasteiger partial charge in [0.1, 0.15) is 6.17 Å². The molecule has 0 amide bonds. The fraction of sp³-hybridized carbons (Fsp3) is 1.00. The Kier molecular flexibility index (Phi) is 5.28. The standard InChI is InChI=1S/C19H40FNO2Si2/c1-17(2,3)24(7,8)22-12-19-11-13(19)15(21)14(20)16(19)23-25(9,10)18(4,5)6/h13-16H,11-12,21H2,1-10H3/t13-,14+,15-,16?,19+/m1/s1. The van der Waals surface area contributed by atoms with Crippen LogP contribution >= 0.6 is 0 Å². The van der Waals surface area contributed by atoms with Crippen molar-refractivity contribution < 1.29 is 13.2 Å². The van der Waals surface area contributed by atoms with E-state index in [9.17, 15) is 0 Å². The lowest BCUT2D eigenvalue weighted by atomic mass is 10.0. The molecule has 148 valence electrons. The highest BCUT2D eigenvalue weighted by molar-refractivity contribution is 6.74. The lowest BCUT2D eigenvalue weighted by Crippen LogP contribution is -2.51. The van der Waals surface area contributed by atoms with E-state index in [1.165, 1.54) is 0 Å². The number of nitrogens with two attached hydrogens (primary N) is 1. The van der Waals surface area contributed by atoms with Crippen LogP contribution in [-0.4, -0.2) is 41.6 Å². The monoisotopic (exact) mass is 389 g/mol. The molecular formula is C19H40FNO2Si2. The molecule has 1 unspecified atom stereocenters. The van der Waals surface area contributed by atoms with Crippen LogP contribution in [0.1, 0.15) is 48.0 Å². The molecule has 0 radical (unpaired) electrons. The summed E-state index contributed by atoms with van der Waals surface area (Å²) in [6.45, 7) is 22.8. The lowest BCUT2D eigenvalue weighted by Gasteiger charge is -2.43. The molecule has 0 aromatic rings. The molecule has 2 aliphatic rings. The second kappa shape index (κ2) is 6.13. The van der Waals surface area contributed by atoms with Crippen LogP contribution in [0, 0.1) is 11.3 Å². The van der Waals surface area contributed by atoms with E-state index in [0.717, 1.165) is 6.42 Å². The van der Waals surface area contributed by atoms with Gasteiger partial charge >= 0.3 is 0 Å². The van der Waals surface area contributed by atoms with Gasteiger partial charge in [-0.2, -0.15) is 0 Å². The normalized spacial score (nSPS) is 36.5. The molecule has 6 heteroatoms. The zero-order chi connectivity index (χ0) is 19.6. The van der Waals surface area contributed by atoms with E-state index in [4.69, 9.17) is 14.6 Å². The van der Waals surface area contributed by atoms with E-state index >= 15 is 4.39 Å². The van der Waals surface area contributed by atoms with Gasteiger partial charge in [0.15, 0.2) is 16.6 Å². The summed E-state index contributed by atoms with van der Waals surface area (Å²) < 4.78 is 28.1. The SMILES string of the molecule is CC(C)(C)[Si](C)(C)OC[C@@]12C[C@@H]1[C@@H](N)[C@H](F)C2O[Si](C)(C)C(C)(C)C. The Morgan fingerprint density at radius 1 is 1.00 bits per heavy atom. The van der Waals surface area contributed by atoms with E-state index in [0.29, 0.717) is 6.61 Å². The van der Waals surface area contributed by atoms with Crippen molar-refractivity contribution in [1.82, 2.24) is 0 Å². The quantitative estimate of drug-likeness (QED) is 0.667. The van der Waals surface area contributed by atoms with Crippen molar-refractivity contribution in [2.45, 2.75) is 103 Å². The van der Waals surface area contributed by atoms with Gasteiger partial charge in [0.2, 0.25) is 0 Å². The van der Waals surface area contributed by atoms with Gasteiger partial charge in [0.05, 0.1) is 6.10 Å². The van der Waals surface area contributed by atoms with Gasteiger partial charge in [0, 0.05) is 18.1 Å². The second-order valence-corrected chi connectivity index (χ2v) is 21.0. The van der Waals surface area contributed by atoms with E-state index in [1.54, 1.807) is 0 Å². The van der Waals surface area contributed by atoms with E-state index in [1.807, 2.05) is 0 Å². The summed E-state index contributed by atoms with van der Waals surface area (Å²) in [5.74, 6) is 0.210. The number of alkyl halides is 1. The van der Waals surface area contributed by atoms with E-state index in [2.05, 4.69) is 67.7 Å². The molecule has 0 aromatic heterocycles. The molecule has 2 N–H and O–H groups in total. The first-order chi connectivity index (χ1) is 11.0. The molecule has 0 aliphatic heterocycles. The predicted molar refractivity (Wildman–Crippen MR) is 109 cm³/mol.